The number of likely N-dealkylation sites (tertiary alicyclic amines) is 1. The Hall–Kier alpha value is -1.55. The lowest BCUT2D eigenvalue weighted by molar-refractivity contribution is 0.183. The monoisotopic (exact) mass is 289 g/mol. The fourth-order valence-corrected chi connectivity index (χ4v) is 2.89. The molecule has 4 heteroatoms. The molecule has 2 rings (SSSR count). The van der Waals surface area contributed by atoms with Crippen LogP contribution in [0.5, 0.6) is 0 Å². The third kappa shape index (κ3) is 4.21. The van der Waals surface area contributed by atoms with Gasteiger partial charge in [0.2, 0.25) is 0 Å². The minimum Gasteiger partial charge on any atom is -0.351 e. The minimum absolute atomic E-state index is 0.300. The number of rotatable bonds is 4. The van der Waals surface area contributed by atoms with Gasteiger partial charge in [0.05, 0.1) is 0 Å². The Balaban J connectivity index is 1.87. The van der Waals surface area contributed by atoms with Crippen LogP contribution in [-0.2, 0) is 0 Å². The highest BCUT2D eigenvalue weighted by Crippen LogP contribution is 2.20. The Bertz CT molecular complexity index is 461. The van der Waals surface area contributed by atoms with Crippen molar-refractivity contribution in [3.05, 3.63) is 35.4 Å². The topological polar surface area (TPSA) is 58.4 Å². The van der Waals surface area contributed by atoms with Crippen LogP contribution in [0.4, 0.5) is 4.79 Å². The van der Waals surface area contributed by atoms with Gasteiger partial charge in [0.25, 0.3) is 0 Å². The van der Waals surface area contributed by atoms with Gasteiger partial charge in [0, 0.05) is 25.2 Å². The zero-order valence-corrected chi connectivity index (χ0v) is 13.3. The number of hydrogen-bond donors (Lipinski definition) is 2. The summed E-state index contributed by atoms with van der Waals surface area (Å²) in [5.74, 6) is 0.570. The van der Waals surface area contributed by atoms with E-state index in [1.165, 1.54) is 11.1 Å². The lowest BCUT2D eigenvalue weighted by Gasteiger charge is -2.33. The van der Waals surface area contributed by atoms with Crippen molar-refractivity contribution in [2.24, 2.45) is 5.73 Å². The van der Waals surface area contributed by atoms with Crippen molar-refractivity contribution < 1.29 is 4.79 Å². The maximum Gasteiger partial charge on any atom is 0.314 e. The number of amides is 2. The quantitative estimate of drug-likeness (QED) is 0.895. The Morgan fingerprint density at radius 2 is 1.67 bits per heavy atom. The number of urea groups is 1. The molecule has 0 bridgehead atoms. The highest BCUT2D eigenvalue weighted by molar-refractivity contribution is 5.72. The molecule has 1 aliphatic rings. The first kappa shape index (κ1) is 15.8. The normalized spacial score (nSPS) is 18.0. The summed E-state index contributed by atoms with van der Waals surface area (Å²) in [7, 11) is 0. The van der Waals surface area contributed by atoms with Gasteiger partial charge in [0.1, 0.15) is 0 Å². The zero-order valence-electron chi connectivity index (χ0n) is 13.3. The number of piperidine rings is 1. The second kappa shape index (κ2) is 6.94. The summed E-state index contributed by atoms with van der Waals surface area (Å²) in [5, 5.41) is 3.66. The molecule has 0 aliphatic carbocycles. The third-order valence-corrected chi connectivity index (χ3v) is 4.40. The van der Waals surface area contributed by atoms with Gasteiger partial charge in [-0.15, -0.1) is 0 Å². The molecule has 4 nitrogen and oxygen atoms in total. The number of primary amides is 1. The highest BCUT2D eigenvalue weighted by atomic mass is 16.2. The molecule has 1 aliphatic heterocycles. The van der Waals surface area contributed by atoms with E-state index >= 15 is 0 Å². The molecule has 1 heterocycles. The van der Waals surface area contributed by atoms with Crippen LogP contribution in [0.2, 0.25) is 0 Å². The Morgan fingerprint density at radius 3 is 2.14 bits per heavy atom. The Labute approximate surface area is 127 Å². The molecular weight excluding hydrogens is 262 g/mol. The molecule has 1 aromatic rings. The molecule has 0 aromatic heterocycles. The van der Waals surface area contributed by atoms with Crippen LogP contribution in [0.15, 0.2) is 24.3 Å². The molecule has 1 saturated heterocycles. The van der Waals surface area contributed by atoms with E-state index in [1.807, 2.05) is 0 Å². The molecule has 116 valence electrons. The molecule has 1 aromatic carbocycles. The largest absolute Gasteiger partial charge is 0.351 e. The number of carbonyl (C=O) groups is 1. The molecule has 21 heavy (non-hydrogen) atoms. The Kier molecular flexibility index (Phi) is 5.23. The molecule has 0 spiro atoms. The van der Waals surface area contributed by atoms with Crippen molar-refractivity contribution in [2.75, 3.05) is 13.1 Å². The van der Waals surface area contributed by atoms with E-state index < -0.39 is 0 Å². The predicted octanol–water partition coefficient (Wildman–Crippen LogP) is 3.00. The first-order valence-corrected chi connectivity index (χ1v) is 7.87. The summed E-state index contributed by atoms with van der Waals surface area (Å²) >= 11 is 0. The lowest BCUT2D eigenvalue weighted by atomic mass is 9.98. The smallest absolute Gasteiger partial charge is 0.314 e. The average molecular weight is 289 g/mol. The minimum atomic E-state index is -0.300. The first-order valence-electron chi connectivity index (χ1n) is 7.87. The molecule has 1 fully saturated rings. The maximum atomic E-state index is 11.1. The number of nitrogens with two attached hydrogens (primary N) is 1. The van der Waals surface area contributed by atoms with Crippen LogP contribution in [0.1, 0.15) is 56.7 Å². The SMILES string of the molecule is CC(C)c1ccc(C(C)NC2CCN(C(N)=O)CC2)cc1. The zero-order chi connectivity index (χ0) is 15.4. The van der Waals surface area contributed by atoms with Crippen LogP contribution < -0.4 is 11.1 Å². The van der Waals surface area contributed by atoms with Gasteiger partial charge in [-0.25, -0.2) is 4.79 Å². The van der Waals surface area contributed by atoms with E-state index in [2.05, 4.69) is 50.4 Å². The lowest BCUT2D eigenvalue weighted by Crippen LogP contribution is -2.47. The van der Waals surface area contributed by atoms with E-state index in [0.29, 0.717) is 18.0 Å². The summed E-state index contributed by atoms with van der Waals surface area (Å²) in [5.41, 5.74) is 8.00. The van der Waals surface area contributed by atoms with Crippen molar-refractivity contribution in [1.82, 2.24) is 10.2 Å². The van der Waals surface area contributed by atoms with E-state index in [0.717, 1.165) is 25.9 Å². The second-order valence-corrected chi connectivity index (χ2v) is 6.31. The van der Waals surface area contributed by atoms with Crippen LogP contribution >= 0.6 is 0 Å². The van der Waals surface area contributed by atoms with Crippen LogP contribution in [-0.4, -0.2) is 30.1 Å². The van der Waals surface area contributed by atoms with Crippen molar-refractivity contribution in [1.29, 1.82) is 0 Å². The number of nitrogens with zero attached hydrogens (tertiary/aromatic N) is 1. The van der Waals surface area contributed by atoms with Crippen molar-refractivity contribution in [3.63, 3.8) is 0 Å². The molecule has 0 saturated carbocycles. The standard InChI is InChI=1S/C17H27N3O/c1-12(2)14-4-6-15(7-5-14)13(3)19-16-8-10-20(11-9-16)17(18)21/h4-7,12-13,16,19H,8-11H2,1-3H3,(H2,18,21). The van der Waals surface area contributed by atoms with Gasteiger partial charge in [-0.05, 0) is 36.8 Å². The van der Waals surface area contributed by atoms with E-state index in [4.69, 9.17) is 5.73 Å². The molecule has 1 atom stereocenters. The van der Waals surface area contributed by atoms with Crippen LogP contribution in [0.25, 0.3) is 0 Å². The summed E-state index contributed by atoms with van der Waals surface area (Å²) in [4.78, 5) is 12.8. The van der Waals surface area contributed by atoms with Crippen molar-refractivity contribution >= 4 is 6.03 Å². The summed E-state index contributed by atoms with van der Waals surface area (Å²) in [6, 6.07) is 9.35. The van der Waals surface area contributed by atoms with Gasteiger partial charge in [-0.3, -0.25) is 0 Å². The number of nitrogens with one attached hydrogen (secondary N) is 1. The maximum absolute atomic E-state index is 11.1. The number of carbonyl (C=O) groups excluding carboxylic acids is 1. The fraction of sp³-hybridized carbons (Fsp3) is 0.588. The van der Waals surface area contributed by atoms with E-state index in [1.54, 1.807) is 4.90 Å². The average Bonchev–Trinajstić information content (AvgIpc) is 2.47. The van der Waals surface area contributed by atoms with Gasteiger partial charge < -0.3 is 16.0 Å². The second-order valence-electron chi connectivity index (χ2n) is 6.31. The van der Waals surface area contributed by atoms with E-state index in [9.17, 15) is 4.79 Å². The fourth-order valence-electron chi connectivity index (χ4n) is 2.89. The third-order valence-electron chi connectivity index (χ3n) is 4.40. The van der Waals surface area contributed by atoms with Crippen LogP contribution in [0, 0.1) is 0 Å². The van der Waals surface area contributed by atoms with Crippen molar-refractivity contribution in [2.45, 2.75) is 51.6 Å². The summed E-state index contributed by atoms with van der Waals surface area (Å²) in [6.45, 7) is 8.13. The summed E-state index contributed by atoms with van der Waals surface area (Å²) < 4.78 is 0. The van der Waals surface area contributed by atoms with Gasteiger partial charge in [-0.2, -0.15) is 0 Å². The molecule has 0 radical (unpaired) electrons. The van der Waals surface area contributed by atoms with Crippen LogP contribution in [0.3, 0.4) is 0 Å². The number of benzene rings is 1. The van der Waals surface area contributed by atoms with E-state index in [-0.39, 0.29) is 6.03 Å². The van der Waals surface area contributed by atoms with Crippen molar-refractivity contribution in [3.8, 4) is 0 Å². The first-order chi connectivity index (χ1) is 9.97. The van der Waals surface area contributed by atoms with Gasteiger partial charge >= 0.3 is 6.03 Å². The molecule has 3 N–H and O–H groups in total. The number of hydrogen-bond acceptors (Lipinski definition) is 2. The Morgan fingerprint density at radius 1 is 1.14 bits per heavy atom. The predicted molar refractivity (Wildman–Crippen MR) is 86.3 cm³/mol. The van der Waals surface area contributed by atoms with Gasteiger partial charge in [0.15, 0.2) is 0 Å². The molecule has 2 amide bonds. The summed E-state index contributed by atoms with van der Waals surface area (Å²) in [6.07, 6.45) is 1.94. The molecular formula is C17H27N3O. The van der Waals surface area contributed by atoms with Gasteiger partial charge in [-0.1, -0.05) is 38.1 Å². The molecule has 1 unspecified atom stereocenters. The highest BCUT2D eigenvalue weighted by Gasteiger charge is 2.22.